The number of benzene rings is 1. The Kier molecular flexibility index (Phi) is 4.18. The Morgan fingerprint density at radius 1 is 1.24 bits per heavy atom. The Bertz CT molecular complexity index is 403. The minimum absolute atomic E-state index is 0.203. The molecule has 0 saturated heterocycles. The molecule has 1 aromatic carbocycles. The van der Waals surface area contributed by atoms with Gasteiger partial charge in [-0.1, -0.05) is 25.8 Å². The van der Waals surface area contributed by atoms with Crippen LogP contribution in [0, 0.1) is 17.6 Å². The lowest BCUT2D eigenvalue weighted by atomic mass is 9.94. The van der Waals surface area contributed by atoms with Gasteiger partial charge in [-0.2, -0.15) is 0 Å². The summed E-state index contributed by atoms with van der Waals surface area (Å²) in [5.41, 5.74) is 0.560. The lowest BCUT2D eigenvalue weighted by Crippen LogP contribution is -2.01. The van der Waals surface area contributed by atoms with Gasteiger partial charge in [-0.3, -0.25) is 0 Å². The van der Waals surface area contributed by atoms with E-state index in [1.54, 1.807) is 12.1 Å². The molecule has 0 spiro atoms. The summed E-state index contributed by atoms with van der Waals surface area (Å²) < 4.78 is 27.5. The molecule has 0 bridgehead atoms. The van der Waals surface area contributed by atoms with Crippen LogP contribution in [0.2, 0.25) is 0 Å². The summed E-state index contributed by atoms with van der Waals surface area (Å²) in [5, 5.41) is 0. The molecule has 3 heteroatoms. The first kappa shape index (κ1) is 13.0. The standard InChI is InChI=1S/C14H17BrF2/c1-2-3-9-4-5-10(8-9)11-6-7-12(15)14(17)13(11)16/h6-7,9-10H,2-5,8H2,1H3. The van der Waals surface area contributed by atoms with Crippen LogP contribution in [-0.4, -0.2) is 0 Å². The highest BCUT2D eigenvalue weighted by atomic mass is 79.9. The van der Waals surface area contributed by atoms with Crippen LogP contribution in [0.5, 0.6) is 0 Å². The number of rotatable bonds is 3. The van der Waals surface area contributed by atoms with Crippen LogP contribution in [0.3, 0.4) is 0 Å². The molecule has 1 aliphatic carbocycles. The summed E-state index contributed by atoms with van der Waals surface area (Å²) >= 11 is 3.01. The van der Waals surface area contributed by atoms with Crippen molar-refractivity contribution in [2.75, 3.05) is 0 Å². The summed E-state index contributed by atoms with van der Waals surface area (Å²) in [4.78, 5) is 0. The largest absolute Gasteiger partial charge is 0.203 e. The van der Waals surface area contributed by atoms with Crippen molar-refractivity contribution >= 4 is 15.9 Å². The van der Waals surface area contributed by atoms with Gasteiger partial charge < -0.3 is 0 Å². The van der Waals surface area contributed by atoms with Gasteiger partial charge in [-0.25, -0.2) is 8.78 Å². The molecule has 2 rings (SSSR count). The fourth-order valence-corrected chi connectivity index (χ4v) is 3.19. The molecular weight excluding hydrogens is 286 g/mol. The molecule has 2 unspecified atom stereocenters. The van der Waals surface area contributed by atoms with Gasteiger partial charge in [0.05, 0.1) is 4.47 Å². The first-order valence-electron chi connectivity index (χ1n) is 6.26. The van der Waals surface area contributed by atoms with Crippen molar-refractivity contribution in [2.24, 2.45) is 5.92 Å². The van der Waals surface area contributed by atoms with E-state index in [1.165, 1.54) is 12.8 Å². The SMILES string of the molecule is CCCC1CCC(c2ccc(Br)c(F)c2F)C1. The predicted molar refractivity (Wildman–Crippen MR) is 69.0 cm³/mol. The maximum Gasteiger partial charge on any atom is 0.173 e. The molecule has 1 fully saturated rings. The zero-order chi connectivity index (χ0) is 12.4. The Hall–Kier alpha value is -0.440. The number of hydrogen-bond acceptors (Lipinski definition) is 0. The lowest BCUT2D eigenvalue weighted by molar-refractivity contribution is 0.468. The molecule has 0 amide bonds. The van der Waals surface area contributed by atoms with E-state index < -0.39 is 11.6 Å². The molecule has 0 heterocycles. The molecule has 1 saturated carbocycles. The van der Waals surface area contributed by atoms with Crippen LogP contribution >= 0.6 is 15.9 Å². The van der Waals surface area contributed by atoms with E-state index in [0.717, 1.165) is 19.3 Å². The van der Waals surface area contributed by atoms with Crippen LogP contribution in [0.4, 0.5) is 8.78 Å². The van der Waals surface area contributed by atoms with Crippen molar-refractivity contribution in [1.82, 2.24) is 0 Å². The highest BCUT2D eigenvalue weighted by Gasteiger charge is 2.28. The zero-order valence-corrected chi connectivity index (χ0v) is 11.6. The first-order valence-corrected chi connectivity index (χ1v) is 7.06. The third-order valence-corrected chi connectivity index (χ3v) is 4.36. The van der Waals surface area contributed by atoms with Gasteiger partial charge >= 0.3 is 0 Å². The van der Waals surface area contributed by atoms with Gasteiger partial charge in [-0.15, -0.1) is 0 Å². The average molecular weight is 303 g/mol. The highest BCUT2D eigenvalue weighted by Crippen LogP contribution is 2.41. The van der Waals surface area contributed by atoms with E-state index in [0.29, 0.717) is 11.5 Å². The van der Waals surface area contributed by atoms with Crippen LogP contribution in [0.1, 0.15) is 50.5 Å². The molecule has 1 aromatic rings. The maximum atomic E-state index is 13.8. The molecule has 2 atom stereocenters. The molecule has 94 valence electrons. The smallest absolute Gasteiger partial charge is 0.173 e. The third kappa shape index (κ3) is 2.70. The second kappa shape index (κ2) is 5.47. The summed E-state index contributed by atoms with van der Waals surface area (Å²) in [6.07, 6.45) is 5.52. The summed E-state index contributed by atoms with van der Waals surface area (Å²) in [6.45, 7) is 2.17. The first-order chi connectivity index (χ1) is 8.13. The van der Waals surface area contributed by atoms with Crippen molar-refractivity contribution in [3.8, 4) is 0 Å². The van der Waals surface area contributed by atoms with Crippen LogP contribution in [0.15, 0.2) is 16.6 Å². The molecule has 1 aliphatic rings. The van der Waals surface area contributed by atoms with E-state index in [4.69, 9.17) is 0 Å². The van der Waals surface area contributed by atoms with Crippen molar-refractivity contribution in [2.45, 2.75) is 44.9 Å². The molecule has 0 radical (unpaired) electrons. The molecular formula is C14H17BrF2. The summed E-state index contributed by atoms with van der Waals surface area (Å²) in [6, 6.07) is 3.34. The van der Waals surface area contributed by atoms with Crippen LogP contribution in [0.25, 0.3) is 0 Å². The number of hydrogen-bond donors (Lipinski definition) is 0. The van der Waals surface area contributed by atoms with Crippen molar-refractivity contribution < 1.29 is 8.78 Å². The maximum absolute atomic E-state index is 13.8. The van der Waals surface area contributed by atoms with Crippen molar-refractivity contribution in [3.63, 3.8) is 0 Å². The molecule has 0 aromatic heterocycles. The Labute approximate surface area is 110 Å². The van der Waals surface area contributed by atoms with E-state index in [2.05, 4.69) is 22.9 Å². The Balaban J connectivity index is 2.16. The minimum Gasteiger partial charge on any atom is -0.203 e. The third-order valence-electron chi connectivity index (χ3n) is 3.74. The minimum atomic E-state index is -0.749. The second-order valence-corrected chi connectivity index (χ2v) is 5.78. The van der Waals surface area contributed by atoms with Crippen molar-refractivity contribution in [3.05, 3.63) is 33.8 Å². The normalized spacial score (nSPS) is 24.2. The predicted octanol–water partition coefficient (Wildman–Crippen LogP) is 5.41. The monoisotopic (exact) mass is 302 g/mol. The zero-order valence-electron chi connectivity index (χ0n) is 9.98. The van der Waals surface area contributed by atoms with Gasteiger partial charge in [-0.05, 0) is 58.7 Å². The van der Waals surface area contributed by atoms with Crippen LogP contribution in [-0.2, 0) is 0 Å². The van der Waals surface area contributed by atoms with Gasteiger partial charge in [0, 0.05) is 0 Å². The molecule has 0 nitrogen and oxygen atoms in total. The molecule has 0 N–H and O–H groups in total. The summed E-state index contributed by atoms with van der Waals surface area (Å²) in [7, 11) is 0. The van der Waals surface area contributed by atoms with E-state index in [-0.39, 0.29) is 10.4 Å². The Morgan fingerprint density at radius 3 is 2.71 bits per heavy atom. The fraction of sp³-hybridized carbons (Fsp3) is 0.571. The lowest BCUT2D eigenvalue weighted by Gasteiger charge is -2.13. The summed E-state index contributed by atoms with van der Waals surface area (Å²) in [5.74, 6) is -0.520. The molecule has 0 aliphatic heterocycles. The molecule has 17 heavy (non-hydrogen) atoms. The second-order valence-electron chi connectivity index (χ2n) is 4.93. The van der Waals surface area contributed by atoms with Gasteiger partial charge in [0.1, 0.15) is 0 Å². The van der Waals surface area contributed by atoms with E-state index >= 15 is 0 Å². The average Bonchev–Trinajstić information content (AvgIpc) is 2.75. The Morgan fingerprint density at radius 2 is 2.00 bits per heavy atom. The quantitative estimate of drug-likeness (QED) is 0.655. The fourth-order valence-electron chi connectivity index (χ4n) is 2.88. The van der Waals surface area contributed by atoms with Crippen LogP contribution < -0.4 is 0 Å². The highest BCUT2D eigenvalue weighted by molar-refractivity contribution is 9.10. The van der Waals surface area contributed by atoms with Gasteiger partial charge in [0.2, 0.25) is 0 Å². The van der Waals surface area contributed by atoms with Crippen molar-refractivity contribution in [1.29, 1.82) is 0 Å². The topological polar surface area (TPSA) is 0 Å². The number of halogens is 3. The van der Waals surface area contributed by atoms with Gasteiger partial charge in [0.15, 0.2) is 11.6 Å². The van der Waals surface area contributed by atoms with E-state index in [9.17, 15) is 8.78 Å². The van der Waals surface area contributed by atoms with Gasteiger partial charge in [0.25, 0.3) is 0 Å². The van der Waals surface area contributed by atoms with E-state index in [1.807, 2.05) is 0 Å².